The van der Waals surface area contributed by atoms with Crippen LogP contribution in [-0.2, 0) is 6.18 Å². The molecule has 1 aliphatic heterocycles. The third-order valence-electron chi connectivity index (χ3n) is 4.36. The molecule has 1 fully saturated rings. The van der Waals surface area contributed by atoms with Crippen molar-refractivity contribution in [1.82, 2.24) is 14.9 Å². The highest BCUT2D eigenvalue weighted by molar-refractivity contribution is 6.05. The summed E-state index contributed by atoms with van der Waals surface area (Å²) in [5, 5.41) is 1.67. The van der Waals surface area contributed by atoms with E-state index >= 15 is 0 Å². The average Bonchev–Trinajstić information content (AvgIpc) is 2.63. The number of carbonyl (C=O) groups is 1. The standard InChI is InChI=1S/C19H14F3N3O2/c20-19(21,22)13-6-8-23-16(9-13)27-14-10-25(11-14)18(26)17-15-4-2-1-3-12(15)5-7-24-17/h1-9,14H,10-11H2. The van der Waals surface area contributed by atoms with Crippen LogP contribution in [0.15, 0.2) is 54.9 Å². The Morgan fingerprint density at radius 3 is 2.59 bits per heavy atom. The molecule has 27 heavy (non-hydrogen) atoms. The summed E-state index contributed by atoms with van der Waals surface area (Å²) in [5.74, 6) is -0.339. The number of nitrogens with zero attached hydrogens (tertiary/aromatic N) is 3. The lowest BCUT2D eigenvalue weighted by Gasteiger charge is -2.38. The largest absolute Gasteiger partial charge is 0.471 e. The fourth-order valence-electron chi connectivity index (χ4n) is 2.94. The van der Waals surface area contributed by atoms with Crippen molar-refractivity contribution in [1.29, 1.82) is 0 Å². The van der Waals surface area contributed by atoms with E-state index in [1.165, 1.54) is 0 Å². The summed E-state index contributed by atoms with van der Waals surface area (Å²) in [7, 11) is 0. The van der Waals surface area contributed by atoms with Crippen molar-refractivity contribution in [3.8, 4) is 5.88 Å². The molecule has 0 unspecified atom stereocenters. The van der Waals surface area contributed by atoms with Crippen LogP contribution in [-0.4, -0.2) is 40.0 Å². The minimum atomic E-state index is -4.46. The SMILES string of the molecule is O=C(c1nccc2ccccc12)N1CC(Oc2cc(C(F)(F)F)ccn2)C1. The van der Waals surface area contributed by atoms with Gasteiger partial charge in [-0.2, -0.15) is 13.2 Å². The first-order valence-electron chi connectivity index (χ1n) is 8.25. The van der Waals surface area contributed by atoms with Crippen molar-refractivity contribution < 1.29 is 22.7 Å². The van der Waals surface area contributed by atoms with E-state index in [1.807, 2.05) is 30.3 Å². The van der Waals surface area contributed by atoms with Gasteiger partial charge in [0.2, 0.25) is 5.88 Å². The first-order valence-corrected chi connectivity index (χ1v) is 8.25. The van der Waals surface area contributed by atoms with E-state index in [9.17, 15) is 18.0 Å². The fourth-order valence-corrected chi connectivity index (χ4v) is 2.94. The molecule has 0 bridgehead atoms. The molecular formula is C19H14F3N3O2. The fraction of sp³-hybridized carbons (Fsp3) is 0.211. The predicted octanol–water partition coefficient (Wildman–Crippen LogP) is 3.55. The molecule has 2 aromatic heterocycles. The Balaban J connectivity index is 1.43. The highest BCUT2D eigenvalue weighted by Gasteiger charge is 2.35. The number of rotatable bonds is 3. The Morgan fingerprint density at radius 1 is 1.07 bits per heavy atom. The van der Waals surface area contributed by atoms with Crippen molar-refractivity contribution in [3.63, 3.8) is 0 Å². The number of halogens is 3. The van der Waals surface area contributed by atoms with E-state index in [0.29, 0.717) is 5.69 Å². The van der Waals surface area contributed by atoms with Gasteiger partial charge in [0.25, 0.3) is 5.91 Å². The van der Waals surface area contributed by atoms with E-state index in [2.05, 4.69) is 9.97 Å². The van der Waals surface area contributed by atoms with Crippen LogP contribution in [0.3, 0.4) is 0 Å². The Morgan fingerprint density at radius 2 is 1.81 bits per heavy atom. The molecule has 1 aliphatic rings. The molecule has 3 aromatic rings. The predicted molar refractivity (Wildman–Crippen MR) is 91.3 cm³/mol. The summed E-state index contributed by atoms with van der Waals surface area (Å²) in [6.07, 6.45) is -2.22. The maximum Gasteiger partial charge on any atom is 0.416 e. The molecule has 0 aliphatic carbocycles. The van der Waals surface area contributed by atoms with Gasteiger partial charge < -0.3 is 9.64 Å². The number of carbonyl (C=O) groups excluding carboxylic acids is 1. The number of pyridine rings is 2. The molecule has 1 saturated heterocycles. The Kier molecular flexibility index (Phi) is 4.18. The Hall–Kier alpha value is -3.16. The van der Waals surface area contributed by atoms with E-state index in [0.717, 1.165) is 29.1 Å². The van der Waals surface area contributed by atoms with E-state index in [1.54, 1.807) is 11.1 Å². The second-order valence-electron chi connectivity index (χ2n) is 6.21. The lowest BCUT2D eigenvalue weighted by molar-refractivity contribution is -0.137. The van der Waals surface area contributed by atoms with Gasteiger partial charge in [0.05, 0.1) is 18.7 Å². The first-order chi connectivity index (χ1) is 12.9. The van der Waals surface area contributed by atoms with Gasteiger partial charge in [-0.3, -0.25) is 9.78 Å². The van der Waals surface area contributed by atoms with Gasteiger partial charge in [0.1, 0.15) is 11.8 Å². The topological polar surface area (TPSA) is 55.3 Å². The molecule has 8 heteroatoms. The van der Waals surface area contributed by atoms with Gasteiger partial charge in [-0.25, -0.2) is 4.98 Å². The molecule has 138 valence electrons. The number of hydrogen-bond donors (Lipinski definition) is 0. The zero-order valence-electron chi connectivity index (χ0n) is 14.0. The molecule has 1 aromatic carbocycles. The Bertz CT molecular complexity index is 995. The maximum absolute atomic E-state index is 12.7. The van der Waals surface area contributed by atoms with E-state index in [4.69, 9.17) is 4.74 Å². The van der Waals surface area contributed by atoms with Crippen molar-refractivity contribution in [2.45, 2.75) is 12.3 Å². The molecule has 1 amide bonds. The van der Waals surface area contributed by atoms with Gasteiger partial charge in [0.15, 0.2) is 0 Å². The van der Waals surface area contributed by atoms with Crippen LogP contribution in [0.5, 0.6) is 5.88 Å². The number of amides is 1. The normalized spacial score (nSPS) is 14.9. The highest BCUT2D eigenvalue weighted by atomic mass is 19.4. The summed E-state index contributed by atoms with van der Waals surface area (Å²) in [6, 6.07) is 11.0. The van der Waals surface area contributed by atoms with Gasteiger partial charge in [-0.15, -0.1) is 0 Å². The summed E-state index contributed by atoms with van der Waals surface area (Å²) in [6.45, 7) is 0.531. The third-order valence-corrected chi connectivity index (χ3v) is 4.36. The van der Waals surface area contributed by atoms with Crippen molar-refractivity contribution in [2.75, 3.05) is 13.1 Å². The average molecular weight is 373 g/mol. The maximum atomic E-state index is 12.7. The first kappa shape index (κ1) is 17.3. The number of benzene rings is 1. The van der Waals surface area contributed by atoms with Crippen LogP contribution < -0.4 is 4.74 Å². The number of likely N-dealkylation sites (tertiary alicyclic amines) is 1. The molecular weight excluding hydrogens is 359 g/mol. The Labute approximate surface area is 152 Å². The highest BCUT2D eigenvalue weighted by Crippen LogP contribution is 2.31. The monoisotopic (exact) mass is 373 g/mol. The third kappa shape index (κ3) is 3.42. The number of ether oxygens (including phenoxy) is 1. The molecule has 0 radical (unpaired) electrons. The van der Waals surface area contributed by atoms with Gasteiger partial charge in [-0.1, -0.05) is 24.3 Å². The molecule has 0 N–H and O–H groups in total. The molecule has 0 spiro atoms. The van der Waals surface area contributed by atoms with Crippen LogP contribution >= 0.6 is 0 Å². The molecule has 0 saturated carbocycles. The van der Waals surface area contributed by atoms with Crippen LogP contribution in [0.1, 0.15) is 16.1 Å². The summed E-state index contributed by atoms with van der Waals surface area (Å²) >= 11 is 0. The number of fused-ring (bicyclic) bond motifs is 1. The zero-order valence-corrected chi connectivity index (χ0v) is 14.0. The number of hydrogen-bond acceptors (Lipinski definition) is 4. The second-order valence-corrected chi connectivity index (χ2v) is 6.21. The molecule has 5 nitrogen and oxygen atoms in total. The van der Waals surface area contributed by atoms with Crippen LogP contribution in [0.4, 0.5) is 13.2 Å². The van der Waals surface area contributed by atoms with Crippen molar-refractivity contribution >= 4 is 16.7 Å². The zero-order chi connectivity index (χ0) is 19.0. The van der Waals surface area contributed by atoms with Gasteiger partial charge in [0, 0.05) is 23.8 Å². The smallest absolute Gasteiger partial charge is 0.416 e. The number of aromatic nitrogens is 2. The summed E-state index contributed by atoms with van der Waals surface area (Å²) in [5.41, 5.74) is -0.469. The van der Waals surface area contributed by atoms with Gasteiger partial charge >= 0.3 is 6.18 Å². The lowest BCUT2D eigenvalue weighted by atomic mass is 10.1. The molecule has 3 heterocycles. The van der Waals surface area contributed by atoms with E-state index < -0.39 is 17.8 Å². The molecule has 0 atom stereocenters. The quantitative estimate of drug-likeness (QED) is 0.705. The minimum absolute atomic E-state index is 0.106. The van der Waals surface area contributed by atoms with Crippen LogP contribution in [0, 0.1) is 0 Å². The number of alkyl halides is 3. The summed E-state index contributed by atoms with van der Waals surface area (Å²) in [4.78, 5) is 22.2. The van der Waals surface area contributed by atoms with Crippen molar-refractivity contribution in [3.05, 3.63) is 66.1 Å². The summed E-state index contributed by atoms with van der Waals surface area (Å²) < 4.78 is 43.7. The molecule has 4 rings (SSSR count). The van der Waals surface area contributed by atoms with Crippen LogP contribution in [0.2, 0.25) is 0 Å². The lowest BCUT2D eigenvalue weighted by Crippen LogP contribution is -2.56. The van der Waals surface area contributed by atoms with Crippen LogP contribution in [0.25, 0.3) is 10.8 Å². The van der Waals surface area contributed by atoms with Crippen molar-refractivity contribution in [2.24, 2.45) is 0 Å². The minimum Gasteiger partial charge on any atom is -0.471 e. The van der Waals surface area contributed by atoms with Gasteiger partial charge in [-0.05, 0) is 17.5 Å². The van der Waals surface area contributed by atoms with E-state index in [-0.39, 0.29) is 24.9 Å². The second kappa shape index (κ2) is 6.53.